The van der Waals surface area contributed by atoms with Crippen LogP contribution in [0.25, 0.3) is 0 Å². The minimum absolute atomic E-state index is 0.0137. The predicted molar refractivity (Wildman–Crippen MR) is 89.9 cm³/mol. The molecule has 0 saturated carbocycles. The molecule has 1 aliphatic rings. The summed E-state index contributed by atoms with van der Waals surface area (Å²) in [4.78, 5) is 23.7. The Balaban J connectivity index is 2.10. The maximum Gasteiger partial charge on any atom is 0.251 e. The Kier molecular flexibility index (Phi) is 6.10. The summed E-state index contributed by atoms with van der Waals surface area (Å²) in [5, 5.41) is 5.30. The normalized spacial score (nSPS) is 18.3. The molecule has 2 rings (SSSR count). The van der Waals surface area contributed by atoms with Crippen molar-refractivity contribution in [3.8, 4) is 0 Å². The Hall–Kier alpha value is -2.19. The van der Waals surface area contributed by atoms with Crippen LogP contribution in [0.15, 0.2) is 41.8 Å². The summed E-state index contributed by atoms with van der Waals surface area (Å²) < 4.78 is 27.2. The first kappa shape index (κ1) is 18.2. The first-order valence-corrected chi connectivity index (χ1v) is 9.21. The fourth-order valence-electron chi connectivity index (χ4n) is 2.36. The maximum atomic E-state index is 12.4. The molecule has 0 radical (unpaired) electrons. The van der Waals surface area contributed by atoms with E-state index in [0.29, 0.717) is 25.1 Å². The number of carbonyl (C=O) groups excluding carboxylic acids is 2. The van der Waals surface area contributed by atoms with Gasteiger partial charge in [0.05, 0.1) is 4.90 Å². The van der Waals surface area contributed by atoms with E-state index in [2.05, 4.69) is 21.9 Å². The van der Waals surface area contributed by atoms with Gasteiger partial charge in [0.25, 0.3) is 5.91 Å². The molecule has 1 aromatic carbocycles. The van der Waals surface area contributed by atoms with Gasteiger partial charge in [0.2, 0.25) is 15.9 Å². The zero-order valence-electron chi connectivity index (χ0n) is 13.2. The Morgan fingerprint density at radius 1 is 1.29 bits per heavy atom. The van der Waals surface area contributed by atoms with E-state index in [4.69, 9.17) is 0 Å². The van der Waals surface area contributed by atoms with Crippen molar-refractivity contribution in [1.82, 2.24) is 15.4 Å². The zero-order valence-corrected chi connectivity index (χ0v) is 14.1. The molecule has 2 amide bonds. The number of nitrogens with one attached hydrogen (secondary N) is 3. The third-order valence-electron chi connectivity index (χ3n) is 3.67. The van der Waals surface area contributed by atoms with Crippen molar-refractivity contribution >= 4 is 21.8 Å². The lowest BCUT2D eigenvalue weighted by molar-refractivity contribution is -0.122. The van der Waals surface area contributed by atoms with Crippen LogP contribution in [0.3, 0.4) is 0 Å². The topological polar surface area (TPSA) is 104 Å². The van der Waals surface area contributed by atoms with Crippen LogP contribution in [-0.4, -0.2) is 39.4 Å². The lowest BCUT2D eigenvalue weighted by Crippen LogP contribution is -2.45. The van der Waals surface area contributed by atoms with Crippen LogP contribution in [0.2, 0.25) is 0 Å². The summed E-state index contributed by atoms with van der Waals surface area (Å²) in [6, 6.07) is 4.79. The fourth-order valence-corrected chi connectivity index (χ4v) is 3.59. The van der Waals surface area contributed by atoms with Gasteiger partial charge < -0.3 is 10.6 Å². The van der Waals surface area contributed by atoms with Gasteiger partial charge in [-0.1, -0.05) is 6.08 Å². The van der Waals surface area contributed by atoms with Gasteiger partial charge in [0.1, 0.15) is 6.04 Å². The molecule has 1 unspecified atom stereocenters. The monoisotopic (exact) mass is 351 g/mol. The van der Waals surface area contributed by atoms with Gasteiger partial charge in [0, 0.05) is 18.7 Å². The Bertz CT molecular complexity index is 713. The van der Waals surface area contributed by atoms with Crippen LogP contribution in [0.5, 0.6) is 0 Å². The van der Waals surface area contributed by atoms with Crippen LogP contribution in [0.1, 0.15) is 29.6 Å². The molecule has 1 aromatic rings. The van der Waals surface area contributed by atoms with Crippen LogP contribution < -0.4 is 15.4 Å². The van der Waals surface area contributed by atoms with Crippen molar-refractivity contribution in [1.29, 1.82) is 0 Å². The minimum Gasteiger partial charge on any atom is -0.355 e. The van der Waals surface area contributed by atoms with Gasteiger partial charge in [-0.3, -0.25) is 9.59 Å². The lowest BCUT2D eigenvalue weighted by Gasteiger charge is -2.15. The Morgan fingerprint density at radius 2 is 2.00 bits per heavy atom. The van der Waals surface area contributed by atoms with Gasteiger partial charge in [-0.2, -0.15) is 4.72 Å². The van der Waals surface area contributed by atoms with Crippen molar-refractivity contribution < 1.29 is 18.0 Å². The fraction of sp³-hybridized carbons (Fsp3) is 0.375. The quantitative estimate of drug-likeness (QED) is 0.651. The number of amides is 2. The summed E-state index contributed by atoms with van der Waals surface area (Å²) >= 11 is 0. The third-order valence-corrected chi connectivity index (χ3v) is 5.15. The molecule has 0 spiro atoms. The highest BCUT2D eigenvalue weighted by molar-refractivity contribution is 7.89. The van der Waals surface area contributed by atoms with E-state index in [1.54, 1.807) is 6.08 Å². The Morgan fingerprint density at radius 3 is 2.67 bits per heavy atom. The standard InChI is InChI=1S/C16H21N3O4S/c1-2-10-17-15(20)12-6-8-13(9-7-12)24(22,23)19-14-5-3-4-11-18-16(14)21/h2,6-9,14,19H,1,3-5,10-11H2,(H,17,20)(H,18,21). The lowest BCUT2D eigenvalue weighted by atomic mass is 10.1. The second-order valence-corrected chi connectivity index (χ2v) is 7.20. The summed E-state index contributed by atoms with van der Waals surface area (Å²) in [6.07, 6.45) is 3.62. The summed E-state index contributed by atoms with van der Waals surface area (Å²) in [5.41, 5.74) is 0.350. The van der Waals surface area contributed by atoms with Crippen LogP contribution in [0.4, 0.5) is 0 Å². The molecular weight excluding hydrogens is 330 g/mol. The maximum absolute atomic E-state index is 12.4. The molecule has 1 heterocycles. The average Bonchev–Trinajstić information content (AvgIpc) is 2.77. The molecule has 3 N–H and O–H groups in total. The number of hydrogen-bond acceptors (Lipinski definition) is 4. The van der Waals surface area contributed by atoms with Gasteiger partial charge in [-0.25, -0.2) is 8.42 Å². The van der Waals surface area contributed by atoms with E-state index < -0.39 is 16.1 Å². The van der Waals surface area contributed by atoms with E-state index >= 15 is 0 Å². The SMILES string of the molecule is C=CCNC(=O)c1ccc(S(=O)(=O)NC2CCCCNC2=O)cc1. The summed E-state index contributed by atoms with van der Waals surface area (Å²) in [7, 11) is -3.83. The largest absolute Gasteiger partial charge is 0.355 e. The minimum atomic E-state index is -3.83. The number of sulfonamides is 1. The predicted octanol–water partition coefficient (Wildman–Crippen LogP) is 0.549. The number of carbonyl (C=O) groups is 2. The zero-order chi connectivity index (χ0) is 17.6. The second kappa shape index (κ2) is 8.07. The average molecular weight is 351 g/mol. The molecule has 0 aromatic heterocycles. The molecule has 0 bridgehead atoms. The van der Waals surface area contributed by atoms with Crippen molar-refractivity contribution in [3.63, 3.8) is 0 Å². The summed E-state index contributed by atoms with van der Waals surface area (Å²) in [6.45, 7) is 4.40. The van der Waals surface area contributed by atoms with Gasteiger partial charge in [0.15, 0.2) is 0 Å². The molecular formula is C16H21N3O4S. The van der Waals surface area contributed by atoms with Crippen LogP contribution in [0, 0.1) is 0 Å². The van der Waals surface area contributed by atoms with E-state index in [-0.39, 0.29) is 16.7 Å². The molecule has 0 aliphatic carbocycles. The van der Waals surface area contributed by atoms with Gasteiger partial charge >= 0.3 is 0 Å². The molecule has 130 valence electrons. The van der Waals surface area contributed by atoms with Crippen molar-refractivity contribution in [2.45, 2.75) is 30.2 Å². The van der Waals surface area contributed by atoms with Crippen molar-refractivity contribution in [3.05, 3.63) is 42.5 Å². The number of hydrogen-bond donors (Lipinski definition) is 3. The highest BCUT2D eigenvalue weighted by Crippen LogP contribution is 2.14. The first-order chi connectivity index (χ1) is 11.4. The third kappa shape index (κ3) is 4.65. The van der Waals surface area contributed by atoms with Crippen molar-refractivity contribution in [2.75, 3.05) is 13.1 Å². The Labute approximate surface area is 141 Å². The van der Waals surface area contributed by atoms with E-state index in [1.807, 2.05) is 0 Å². The molecule has 1 fully saturated rings. The summed E-state index contributed by atoms with van der Waals surface area (Å²) in [5.74, 6) is -0.619. The van der Waals surface area contributed by atoms with Crippen LogP contribution in [-0.2, 0) is 14.8 Å². The van der Waals surface area contributed by atoms with Crippen LogP contribution >= 0.6 is 0 Å². The second-order valence-electron chi connectivity index (χ2n) is 5.48. The molecule has 1 aliphatic heterocycles. The van der Waals surface area contributed by atoms with E-state index in [9.17, 15) is 18.0 Å². The molecule has 1 saturated heterocycles. The smallest absolute Gasteiger partial charge is 0.251 e. The molecule has 24 heavy (non-hydrogen) atoms. The molecule has 1 atom stereocenters. The number of benzene rings is 1. The van der Waals surface area contributed by atoms with Gasteiger partial charge in [-0.15, -0.1) is 6.58 Å². The van der Waals surface area contributed by atoms with Gasteiger partial charge in [-0.05, 0) is 43.5 Å². The molecule has 7 nitrogen and oxygen atoms in total. The highest BCUT2D eigenvalue weighted by atomic mass is 32.2. The van der Waals surface area contributed by atoms with Crippen molar-refractivity contribution in [2.24, 2.45) is 0 Å². The highest BCUT2D eigenvalue weighted by Gasteiger charge is 2.26. The molecule has 8 heteroatoms. The number of rotatable bonds is 6. The van der Waals surface area contributed by atoms with E-state index in [0.717, 1.165) is 12.8 Å². The van der Waals surface area contributed by atoms with E-state index in [1.165, 1.54) is 24.3 Å². The first-order valence-electron chi connectivity index (χ1n) is 7.73.